The van der Waals surface area contributed by atoms with Crippen LogP contribution in [0.25, 0.3) is 0 Å². The summed E-state index contributed by atoms with van der Waals surface area (Å²) in [5.74, 6) is 2.03. The van der Waals surface area contributed by atoms with Crippen LogP contribution in [0.5, 0.6) is 11.8 Å². The maximum absolute atomic E-state index is 12.2. The van der Waals surface area contributed by atoms with Crippen molar-refractivity contribution in [2.75, 3.05) is 13.2 Å². The lowest BCUT2D eigenvalue weighted by molar-refractivity contribution is 0.121. The van der Waals surface area contributed by atoms with E-state index in [9.17, 15) is 9.90 Å². The fourth-order valence-electron chi connectivity index (χ4n) is 2.51. The lowest BCUT2D eigenvalue weighted by Crippen LogP contribution is -2.53. The summed E-state index contributed by atoms with van der Waals surface area (Å²) in [6.45, 7) is 6.17. The molecule has 0 radical (unpaired) electrons. The van der Waals surface area contributed by atoms with Crippen LogP contribution < -0.4 is 14.8 Å². The predicted octanol–water partition coefficient (Wildman–Crippen LogP) is 3.24. The quantitative estimate of drug-likeness (QED) is 0.754. The van der Waals surface area contributed by atoms with Crippen molar-refractivity contribution in [3.63, 3.8) is 0 Å². The molecule has 1 aromatic rings. The van der Waals surface area contributed by atoms with Crippen LogP contribution in [-0.2, 0) is 0 Å². The van der Waals surface area contributed by atoms with Crippen molar-refractivity contribution in [3.05, 3.63) is 17.7 Å². The average molecular weight is 348 g/mol. The van der Waals surface area contributed by atoms with Crippen molar-refractivity contribution in [2.24, 2.45) is 11.8 Å². The molecular formula is C19H28N2O4. The maximum Gasteiger partial charge on any atom is 0.414 e. The van der Waals surface area contributed by atoms with Gasteiger partial charge in [-0.2, -0.15) is 4.98 Å². The van der Waals surface area contributed by atoms with Crippen LogP contribution in [-0.4, -0.2) is 34.9 Å². The second-order valence-corrected chi connectivity index (χ2v) is 7.82. The van der Waals surface area contributed by atoms with Crippen molar-refractivity contribution in [2.45, 2.75) is 57.9 Å². The topological polar surface area (TPSA) is 80.7 Å². The van der Waals surface area contributed by atoms with Gasteiger partial charge in [0.15, 0.2) is 0 Å². The van der Waals surface area contributed by atoms with E-state index in [2.05, 4.69) is 10.3 Å². The van der Waals surface area contributed by atoms with E-state index in [1.165, 1.54) is 12.8 Å². The monoisotopic (exact) mass is 348 g/mol. The SMILES string of the molecule is CC(C)[C@@](C)(CO)NC(=O)Oc1ccc(C2CC2)c(OCC2CC2)n1. The standard InChI is InChI=1S/C19H28N2O4/c1-12(2)19(3,11-22)21-18(23)25-16-9-8-15(14-6-7-14)17(20-16)24-10-13-4-5-13/h8-9,12-14,22H,4-7,10-11H2,1-3H3,(H,21,23)/t19-/m1/s1. The van der Waals surface area contributed by atoms with Crippen LogP contribution in [0.15, 0.2) is 12.1 Å². The van der Waals surface area contributed by atoms with Crippen LogP contribution in [0.1, 0.15) is 57.9 Å². The molecule has 0 unspecified atom stereocenters. The third-order valence-corrected chi connectivity index (χ3v) is 5.22. The molecule has 0 bridgehead atoms. The fourth-order valence-corrected chi connectivity index (χ4v) is 2.51. The number of carbonyl (C=O) groups excluding carboxylic acids is 1. The molecule has 138 valence electrons. The van der Waals surface area contributed by atoms with Gasteiger partial charge in [-0.05, 0) is 56.4 Å². The Morgan fingerprint density at radius 2 is 2.08 bits per heavy atom. The van der Waals surface area contributed by atoms with Crippen LogP contribution >= 0.6 is 0 Å². The van der Waals surface area contributed by atoms with Gasteiger partial charge in [0.25, 0.3) is 0 Å². The molecule has 0 spiro atoms. The first-order valence-electron chi connectivity index (χ1n) is 9.16. The number of hydrogen-bond donors (Lipinski definition) is 2. The largest absolute Gasteiger partial charge is 0.477 e. The first kappa shape index (κ1) is 18.0. The summed E-state index contributed by atoms with van der Waals surface area (Å²) in [4.78, 5) is 16.6. The Kier molecular flexibility index (Phi) is 5.18. The molecule has 25 heavy (non-hydrogen) atoms. The van der Waals surface area contributed by atoms with Gasteiger partial charge in [0.1, 0.15) is 0 Å². The Balaban J connectivity index is 1.66. The number of aliphatic hydroxyl groups excluding tert-OH is 1. The summed E-state index contributed by atoms with van der Waals surface area (Å²) in [5.41, 5.74) is 0.367. The molecular weight excluding hydrogens is 320 g/mol. The molecule has 1 amide bonds. The highest BCUT2D eigenvalue weighted by molar-refractivity contribution is 5.71. The molecule has 2 N–H and O–H groups in total. The number of ether oxygens (including phenoxy) is 2. The Morgan fingerprint density at radius 1 is 1.36 bits per heavy atom. The number of aliphatic hydroxyl groups is 1. The molecule has 2 saturated carbocycles. The van der Waals surface area contributed by atoms with Crippen molar-refractivity contribution >= 4 is 6.09 Å². The van der Waals surface area contributed by atoms with E-state index in [4.69, 9.17) is 9.47 Å². The lowest BCUT2D eigenvalue weighted by atomic mass is 9.90. The van der Waals surface area contributed by atoms with E-state index < -0.39 is 11.6 Å². The van der Waals surface area contributed by atoms with Crippen molar-refractivity contribution < 1.29 is 19.4 Å². The van der Waals surface area contributed by atoms with Crippen LogP contribution in [0.2, 0.25) is 0 Å². The Labute approximate surface area is 148 Å². The third kappa shape index (κ3) is 4.63. The van der Waals surface area contributed by atoms with Gasteiger partial charge in [-0.15, -0.1) is 0 Å². The van der Waals surface area contributed by atoms with Crippen molar-refractivity contribution in [1.29, 1.82) is 0 Å². The van der Waals surface area contributed by atoms with Gasteiger partial charge in [-0.25, -0.2) is 4.79 Å². The summed E-state index contributed by atoms with van der Waals surface area (Å²) in [5, 5.41) is 12.3. The van der Waals surface area contributed by atoms with Gasteiger partial charge in [-0.3, -0.25) is 0 Å². The highest BCUT2D eigenvalue weighted by atomic mass is 16.6. The molecule has 3 rings (SSSR count). The number of carbonyl (C=O) groups is 1. The minimum absolute atomic E-state index is 0.0627. The van der Waals surface area contributed by atoms with Gasteiger partial charge in [0.2, 0.25) is 11.8 Å². The Hall–Kier alpha value is -1.82. The van der Waals surface area contributed by atoms with Gasteiger partial charge in [0.05, 0.1) is 18.8 Å². The van der Waals surface area contributed by atoms with Gasteiger partial charge >= 0.3 is 6.09 Å². The van der Waals surface area contributed by atoms with Crippen LogP contribution in [0.4, 0.5) is 4.79 Å². The molecule has 1 aromatic heterocycles. The molecule has 0 aliphatic heterocycles. The third-order valence-electron chi connectivity index (χ3n) is 5.22. The number of pyridine rings is 1. The normalized spacial score (nSPS) is 19.4. The number of aromatic nitrogens is 1. The van der Waals surface area contributed by atoms with E-state index in [1.54, 1.807) is 13.0 Å². The van der Waals surface area contributed by atoms with Gasteiger partial charge in [-0.1, -0.05) is 13.8 Å². The highest BCUT2D eigenvalue weighted by Crippen LogP contribution is 2.44. The Morgan fingerprint density at radius 3 is 2.64 bits per heavy atom. The molecule has 2 fully saturated rings. The van der Waals surface area contributed by atoms with Gasteiger partial charge in [0, 0.05) is 11.6 Å². The second-order valence-electron chi connectivity index (χ2n) is 7.82. The van der Waals surface area contributed by atoms with E-state index in [0.717, 1.165) is 18.4 Å². The zero-order chi connectivity index (χ0) is 18.0. The lowest BCUT2D eigenvalue weighted by Gasteiger charge is -2.32. The summed E-state index contributed by atoms with van der Waals surface area (Å²) in [7, 11) is 0. The predicted molar refractivity (Wildman–Crippen MR) is 93.9 cm³/mol. The molecule has 6 heteroatoms. The number of nitrogens with one attached hydrogen (secondary N) is 1. The minimum Gasteiger partial charge on any atom is -0.477 e. The summed E-state index contributed by atoms with van der Waals surface area (Å²) < 4.78 is 11.2. The fraction of sp³-hybridized carbons (Fsp3) is 0.684. The zero-order valence-electron chi connectivity index (χ0n) is 15.2. The number of nitrogens with zero attached hydrogens (tertiary/aromatic N) is 1. The summed E-state index contributed by atoms with van der Waals surface area (Å²) in [6.07, 6.45) is 4.13. The number of rotatable bonds is 8. The van der Waals surface area contributed by atoms with Gasteiger partial charge < -0.3 is 19.9 Å². The molecule has 1 atom stereocenters. The molecule has 6 nitrogen and oxygen atoms in total. The summed E-state index contributed by atoms with van der Waals surface area (Å²) >= 11 is 0. The van der Waals surface area contributed by atoms with E-state index in [0.29, 0.717) is 24.3 Å². The average Bonchev–Trinajstić information content (AvgIpc) is 3.46. The van der Waals surface area contributed by atoms with E-state index in [-0.39, 0.29) is 18.4 Å². The van der Waals surface area contributed by atoms with E-state index >= 15 is 0 Å². The van der Waals surface area contributed by atoms with Crippen molar-refractivity contribution in [1.82, 2.24) is 10.3 Å². The van der Waals surface area contributed by atoms with E-state index in [1.807, 2.05) is 19.9 Å². The van der Waals surface area contributed by atoms with Crippen LogP contribution in [0.3, 0.4) is 0 Å². The first-order chi connectivity index (χ1) is 11.9. The zero-order valence-corrected chi connectivity index (χ0v) is 15.2. The molecule has 0 aromatic carbocycles. The maximum atomic E-state index is 12.2. The first-order valence-corrected chi connectivity index (χ1v) is 9.16. The smallest absolute Gasteiger partial charge is 0.414 e. The summed E-state index contributed by atoms with van der Waals surface area (Å²) in [6, 6.07) is 3.66. The minimum atomic E-state index is -0.740. The molecule has 2 aliphatic rings. The highest BCUT2D eigenvalue weighted by Gasteiger charge is 2.32. The Bertz CT molecular complexity index is 626. The molecule has 2 aliphatic carbocycles. The number of hydrogen-bond acceptors (Lipinski definition) is 5. The van der Waals surface area contributed by atoms with Crippen molar-refractivity contribution in [3.8, 4) is 11.8 Å². The second kappa shape index (κ2) is 7.20. The van der Waals surface area contributed by atoms with Crippen LogP contribution in [0, 0.1) is 11.8 Å². The number of amides is 1. The molecule has 1 heterocycles. The molecule has 0 saturated heterocycles.